The van der Waals surface area contributed by atoms with E-state index in [0.29, 0.717) is 0 Å². The van der Waals surface area contributed by atoms with Crippen molar-refractivity contribution in [3.8, 4) is 0 Å². The Labute approximate surface area is 171 Å². The molecule has 0 saturated carbocycles. The fourth-order valence-corrected chi connectivity index (χ4v) is 3.43. The number of esters is 1. The summed E-state index contributed by atoms with van der Waals surface area (Å²) in [6.07, 6.45) is 22.1. The van der Waals surface area contributed by atoms with Crippen LogP contribution in [-0.4, -0.2) is 12.1 Å². The molecule has 0 spiro atoms. The van der Waals surface area contributed by atoms with Crippen LogP contribution < -0.4 is 0 Å². The van der Waals surface area contributed by atoms with Gasteiger partial charge >= 0.3 is 5.97 Å². The van der Waals surface area contributed by atoms with Gasteiger partial charge in [-0.15, -0.1) is 0 Å². The van der Waals surface area contributed by atoms with Gasteiger partial charge in [-0.25, -0.2) is 0 Å². The summed E-state index contributed by atoms with van der Waals surface area (Å²) in [7, 11) is 0. The molecule has 1 unspecified atom stereocenters. The highest BCUT2D eigenvalue weighted by Crippen LogP contribution is 2.22. The smallest absolute Gasteiger partial charge is 0.311 e. The lowest BCUT2D eigenvalue weighted by molar-refractivity contribution is -0.159. The zero-order chi connectivity index (χ0) is 20.4. The molecule has 0 aliphatic rings. The van der Waals surface area contributed by atoms with Crippen molar-refractivity contribution in [2.45, 2.75) is 150 Å². The van der Waals surface area contributed by atoms with E-state index in [0.717, 1.165) is 12.8 Å². The quantitative estimate of drug-likeness (QED) is 0.175. The zero-order valence-electron chi connectivity index (χ0n) is 19.4. The molecule has 0 fully saturated rings. The molecule has 27 heavy (non-hydrogen) atoms. The van der Waals surface area contributed by atoms with Crippen molar-refractivity contribution in [1.29, 1.82) is 0 Å². The normalized spacial score (nSPS) is 12.9. The molecule has 0 N–H and O–H groups in total. The molecule has 2 heteroatoms. The van der Waals surface area contributed by atoms with Gasteiger partial charge in [0.25, 0.3) is 0 Å². The average Bonchev–Trinajstić information content (AvgIpc) is 2.62. The van der Waals surface area contributed by atoms with Gasteiger partial charge in [-0.05, 0) is 46.5 Å². The largest absolute Gasteiger partial charge is 0.462 e. The van der Waals surface area contributed by atoms with Gasteiger partial charge in [-0.2, -0.15) is 0 Å². The minimum atomic E-state index is -0.391. The number of ether oxygens (including phenoxy) is 1. The molecular formula is C25H50O2. The predicted molar refractivity (Wildman–Crippen MR) is 119 cm³/mol. The Morgan fingerprint density at radius 2 is 0.963 bits per heavy atom. The molecule has 0 radical (unpaired) electrons. The van der Waals surface area contributed by atoms with Gasteiger partial charge in [0.1, 0.15) is 6.10 Å². The minimum Gasteiger partial charge on any atom is -0.462 e. The fourth-order valence-electron chi connectivity index (χ4n) is 3.43. The second-order valence-corrected chi connectivity index (χ2v) is 9.45. The standard InChI is InChI=1S/C25H50O2/c1-6-8-10-12-14-15-16-18-20-22-23(27-24(26)25(3,4)5)21-19-17-13-11-9-7-2/h23H,6-22H2,1-5H3. The molecular weight excluding hydrogens is 332 g/mol. The summed E-state index contributed by atoms with van der Waals surface area (Å²) in [5.41, 5.74) is -0.391. The molecule has 0 bridgehead atoms. The van der Waals surface area contributed by atoms with E-state index in [9.17, 15) is 4.79 Å². The van der Waals surface area contributed by atoms with Crippen LogP contribution in [0.4, 0.5) is 0 Å². The molecule has 0 amide bonds. The summed E-state index contributed by atoms with van der Waals surface area (Å²) in [4.78, 5) is 12.3. The maximum atomic E-state index is 12.3. The van der Waals surface area contributed by atoms with Crippen molar-refractivity contribution in [2.75, 3.05) is 0 Å². The third kappa shape index (κ3) is 17.3. The molecule has 162 valence electrons. The van der Waals surface area contributed by atoms with Gasteiger partial charge in [-0.3, -0.25) is 4.79 Å². The molecule has 0 aliphatic carbocycles. The highest BCUT2D eigenvalue weighted by Gasteiger charge is 2.26. The fraction of sp³-hybridized carbons (Fsp3) is 0.960. The van der Waals surface area contributed by atoms with Crippen LogP contribution in [0.15, 0.2) is 0 Å². The van der Waals surface area contributed by atoms with Crippen molar-refractivity contribution in [1.82, 2.24) is 0 Å². The van der Waals surface area contributed by atoms with Crippen LogP contribution in [0.1, 0.15) is 144 Å². The first-order valence-corrected chi connectivity index (χ1v) is 12.1. The SMILES string of the molecule is CCCCCCCCCCCC(CCCCCCCC)OC(=O)C(C)(C)C. The third-order valence-electron chi connectivity index (χ3n) is 5.40. The summed E-state index contributed by atoms with van der Waals surface area (Å²) in [5.74, 6) is -0.0330. The Bertz CT molecular complexity index is 330. The van der Waals surface area contributed by atoms with Crippen LogP contribution >= 0.6 is 0 Å². The molecule has 0 aromatic carbocycles. The summed E-state index contributed by atoms with van der Waals surface area (Å²) < 4.78 is 5.88. The van der Waals surface area contributed by atoms with Crippen LogP contribution in [0.5, 0.6) is 0 Å². The van der Waals surface area contributed by atoms with Crippen molar-refractivity contribution in [3.63, 3.8) is 0 Å². The maximum absolute atomic E-state index is 12.3. The summed E-state index contributed by atoms with van der Waals surface area (Å²) >= 11 is 0. The van der Waals surface area contributed by atoms with E-state index in [1.807, 2.05) is 20.8 Å². The highest BCUT2D eigenvalue weighted by atomic mass is 16.5. The maximum Gasteiger partial charge on any atom is 0.311 e. The van der Waals surface area contributed by atoms with Gasteiger partial charge in [0, 0.05) is 0 Å². The summed E-state index contributed by atoms with van der Waals surface area (Å²) in [5, 5.41) is 0. The first-order chi connectivity index (χ1) is 12.9. The third-order valence-corrected chi connectivity index (χ3v) is 5.40. The molecule has 2 nitrogen and oxygen atoms in total. The molecule has 1 atom stereocenters. The van der Waals surface area contributed by atoms with Gasteiger partial charge in [0.15, 0.2) is 0 Å². The molecule has 0 aromatic rings. The van der Waals surface area contributed by atoms with Crippen LogP contribution in [0.25, 0.3) is 0 Å². The van der Waals surface area contributed by atoms with Crippen LogP contribution in [0, 0.1) is 5.41 Å². The molecule has 0 saturated heterocycles. The molecule has 0 aliphatic heterocycles. The first-order valence-electron chi connectivity index (χ1n) is 12.1. The second-order valence-electron chi connectivity index (χ2n) is 9.45. The van der Waals surface area contributed by atoms with Gasteiger partial charge in [-0.1, -0.05) is 97.3 Å². The van der Waals surface area contributed by atoms with Crippen molar-refractivity contribution >= 4 is 5.97 Å². The van der Waals surface area contributed by atoms with Crippen molar-refractivity contribution in [2.24, 2.45) is 5.41 Å². The number of carbonyl (C=O) groups excluding carboxylic acids is 1. The Kier molecular flexibility index (Phi) is 17.2. The Hall–Kier alpha value is -0.530. The second kappa shape index (κ2) is 17.6. The van der Waals surface area contributed by atoms with Crippen LogP contribution in [0.2, 0.25) is 0 Å². The van der Waals surface area contributed by atoms with Crippen LogP contribution in [0.3, 0.4) is 0 Å². The molecule has 0 aromatic heterocycles. The first kappa shape index (κ1) is 26.5. The number of rotatable bonds is 18. The number of unbranched alkanes of at least 4 members (excludes halogenated alkanes) is 13. The van der Waals surface area contributed by atoms with Gasteiger partial charge < -0.3 is 4.74 Å². The van der Waals surface area contributed by atoms with E-state index in [1.54, 1.807) is 0 Å². The Morgan fingerprint density at radius 1 is 0.630 bits per heavy atom. The van der Waals surface area contributed by atoms with E-state index in [-0.39, 0.29) is 12.1 Å². The van der Waals surface area contributed by atoms with E-state index >= 15 is 0 Å². The van der Waals surface area contributed by atoms with E-state index in [4.69, 9.17) is 4.74 Å². The highest BCUT2D eigenvalue weighted by molar-refractivity contribution is 5.75. The molecule has 0 rings (SSSR count). The lowest BCUT2D eigenvalue weighted by Gasteiger charge is -2.23. The monoisotopic (exact) mass is 382 g/mol. The van der Waals surface area contributed by atoms with Gasteiger partial charge in [0.2, 0.25) is 0 Å². The number of hydrogen-bond donors (Lipinski definition) is 0. The van der Waals surface area contributed by atoms with Gasteiger partial charge in [0.05, 0.1) is 5.41 Å². The Morgan fingerprint density at radius 3 is 1.30 bits per heavy atom. The summed E-state index contributed by atoms with van der Waals surface area (Å²) in [6, 6.07) is 0. The summed E-state index contributed by atoms with van der Waals surface area (Å²) in [6.45, 7) is 10.4. The molecule has 0 heterocycles. The van der Waals surface area contributed by atoms with Crippen molar-refractivity contribution < 1.29 is 9.53 Å². The predicted octanol–water partition coefficient (Wildman–Crippen LogP) is 8.62. The topological polar surface area (TPSA) is 26.3 Å². The lowest BCUT2D eigenvalue weighted by atomic mass is 9.96. The van der Waals surface area contributed by atoms with E-state index in [2.05, 4.69) is 13.8 Å². The lowest BCUT2D eigenvalue weighted by Crippen LogP contribution is -2.28. The van der Waals surface area contributed by atoms with E-state index < -0.39 is 5.41 Å². The Balaban J connectivity index is 3.98. The average molecular weight is 383 g/mol. The minimum absolute atomic E-state index is 0.0330. The van der Waals surface area contributed by atoms with E-state index in [1.165, 1.54) is 96.3 Å². The van der Waals surface area contributed by atoms with Crippen LogP contribution in [-0.2, 0) is 9.53 Å². The number of carbonyl (C=O) groups is 1. The number of hydrogen-bond acceptors (Lipinski definition) is 2. The van der Waals surface area contributed by atoms with Crippen molar-refractivity contribution in [3.05, 3.63) is 0 Å². The zero-order valence-corrected chi connectivity index (χ0v) is 19.4.